The van der Waals surface area contributed by atoms with E-state index in [1.165, 1.54) is 19.9 Å². The zero-order chi connectivity index (χ0) is 14.0. The Morgan fingerprint density at radius 1 is 1.00 bits per heavy atom. The third kappa shape index (κ3) is 2.16. The minimum Gasteiger partial charge on any atom is -0.258 e. The van der Waals surface area contributed by atoms with Crippen LogP contribution >= 0.6 is 0 Å². The number of benzene rings is 1. The first-order valence-corrected chi connectivity index (χ1v) is 4.60. The van der Waals surface area contributed by atoms with Crippen molar-refractivity contribution in [1.82, 2.24) is 0 Å². The van der Waals surface area contributed by atoms with E-state index in [0.717, 1.165) is 6.07 Å². The molecule has 18 heavy (non-hydrogen) atoms. The normalized spacial score (nSPS) is 9.89. The van der Waals surface area contributed by atoms with Crippen molar-refractivity contribution in [2.24, 2.45) is 0 Å². The smallest absolute Gasteiger partial charge is 0.258 e. The Labute approximate surface area is 99.8 Å². The average Bonchev–Trinajstić information content (AvgIpc) is 2.20. The molecule has 0 aliphatic rings. The Morgan fingerprint density at radius 2 is 1.50 bits per heavy atom. The summed E-state index contributed by atoms with van der Waals surface area (Å²) in [6.45, 7) is 2.66. The minimum atomic E-state index is -1.25. The van der Waals surface area contributed by atoms with E-state index in [1.807, 2.05) is 0 Å². The van der Waals surface area contributed by atoms with Gasteiger partial charge in [-0.3, -0.25) is 10.1 Å². The molecule has 0 aliphatic heterocycles. The first-order chi connectivity index (χ1) is 8.27. The van der Waals surface area contributed by atoms with Gasteiger partial charge in [0.05, 0.1) is 10.5 Å². The summed E-state index contributed by atoms with van der Waals surface area (Å²) in [6.07, 6.45) is 0. The number of nitro groups is 3. The highest BCUT2D eigenvalue weighted by atomic mass is 16.8. The van der Waals surface area contributed by atoms with Crippen LogP contribution in [-0.4, -0.2) is 15.0 Å². The molecule has 0 spiro atoms. The SMILES string of the molecule is Cc1ccc(N([N+](=O)[O-])[N+](=O)[O-])c(C)c1[N+](=O)[O-]. The Morgan fingerprint density at radius 3 is 1.89 bits per heavy atom. The van der Waals surface area contributed by atoms with Crippen LogP contribution in [0.15, 0.2) is 12.1 Å². The summed E-state index contributed by atoms with van der Waals surface area (Å²) >= 11 is 0. The third-order valence-corrected chi connectivity index (χ3v) is 2.31. The van der Waals surface area contributed by atoms with Crippen molar-refractivity contribution in [1.29, 1.82) is 0 Å². The molecule has 1 rings (SSSR count). The zero-order valence-corrected chi connectivity index (χ0v) is 9.39. The Hall–Kier alpha value is -2.78. The van der Waals surface area contributed by atoms with Gasteiger partial charge in [-0.25, -0.2) is 20.2 Å². The Bertz CT molecular complexity index is 529. The van der Waals surface area contributed by atoms with Crippen LogP contribution < -0.4 is 5.12 Å². The fourth-order valence-corrected chi connectivity index (χ4v) is 1.56. The first kappa shape index (κ1) is 13.3. The van der Waals surface area contributed by atoms with Gasteiger partial charge in [-0.05, 0) is 26.0 Å². The lowest BCUT2D eigenvalue weighted by Gasteiger charge is -2.08. The molecule has 0 saturated heterocycles. The highest BCUT2D eigenvalue weighted by Gasteiger charge is 2.35. The van der Waals surface area contributed by atoms with Crippen LogP contribution in [0.25, 0.3) is 0 Å². The zero-order valence-electron chi connectivity index (χ0n) is 9.39. The molecule has 0 atom stereocenters. The number of hydrazine groups is 2. The quantitative estimate of drug-likeness (QED) is 0.587. The van der Waals surface area contributed by atoms with Crippen LogP contribution in [0, 0.1) is 44.2 Å². The molecule has 0 N–H and O–H groups in total. The Kier molecular flexibility index (Phi) is 3.40. The maximum atomic E-state index is 10.8. The fraction of sp³-hybridized carbons (Fsp3) is 0.250. The highest BCUT2D eigenvalue weighted by Crippen LogP contribution is 2.31. The summed E-state index contributed by atoms with van der Waals surface area (Å²) < 4.78 is 0. The largest absolute Gasteiger partial charge is 0.277 e. The van der Waals surface area contributed by atoms with Crippen molar-refractivity contribution in [3.63, 3.8) is 0 Å². The van der Waals surface area contributed by atoms with E-state index in [1.54, 1.807) is 0 Å². The summed E-state index contributed by atoms with van der Waals surface area (Å²) in [5.74, 6) is 0. The van der Waals surface area contributed by atoms with Crippen molar-refractivity contribution in [2.75, 3.05) is 5.12 Å². The molecule has 0 amide bonds. The summed E-state index contributed by atoms with van der Waals surface area (Å²) in [5, 5.41) is 29.1. The molecule has 10 heteroatoms. The third-order valence-electron chi connectivity index (χ3n) is 2.31. The number of nitrogens with zero attached hydrogens (tertiary/aromatic N) is 4. The minimum absolute atomic E-state index is 0.131. The average molecular weight is 256 g/mol. The monoisotopic (exact) mass is 256 g/mol. The molecule has 0 heterocycles. The van der Waals surface area contributed by atoms with Gasteiger partial charge < -0.3 is 0 Å². The number of hydrogen-bond acceptors (Lipinski definition) is 6. The predicted octanol–water partition coefficient (Wildman–Crippen LogP) is 1.40. The van der Waals surface area contributed by atoms with Crippen LogP contribution in [0.3, 0.4) is 0 Å². The van der Waals surface area contributed by atoms with Crippen molar-refractivity contribution in [3.05, 3.63) is 53.6 Å². The van der Waals surface area contributed by atoms with Gasteiger partial charge in [-0.2, -0.15) is 0 Å². The van der Waals surface area contributed by atoms with Gasteiger partial charge in [0.15, 0.2) is 10.8 Å². The summed E-state index contributed by atoms with van der Waals surface area (Å²) in [7, 11) is 0. The van der Waals surface area contributed by atoms with E-state index in [-0.39, 0.29) is 21.9 Å². The van der Waals surface area contributed by atoms with Gasteiger partial charge >= 0.3 is 0 Å². The van der Waals surface area contributed by atoms with E-state index in [2.05, 4.69) is 0 Å². The van der Waals surface area contributed by atoms with Crippen LogP contribution in [0.4, 0.5) is 11.4 Å². The summed E-state index contributed by atoms with van der Waals surface area (Å²) in [6, 6.07) is 2.32. The van der Waals surface area contributed by atoms with E-state index < -0.39 is 20.7 Å². The van der Waals surface area contributed by atoms with E-state index in [4.69, 9.17) is 0 Å². The topological polar surface area (TPSA) is 133 Å². The van der Waals surface area contributed by atoms with Crippen LogP contribution in [-0.2, 0) is 0 Å². The predicted molar refractivity (Wildman–Crippen MR) is 59.0 cm³/mol. The van der Waals surface area contributed by atoms with E-state index in [9.17, 15) is 30.3 Å². The molecule has 10 nitrogen and oxygen atoms in total. The van der Waals surface area contributed by atoms with E-state index >= 15 is 0 Å². The van der Waals surface area contributed by atoms with Gasteiger partial charge in [0.25, 0.3) is 5.69 Å². The fourth-order valence-electron chi connectivity index (χ4n) is 1.56. The van der Waals surface area contributed by atoms with Crippen LogP contribution in [0.5, 0.6) is 0 Å². The molecule has 0 unspecified atom stereocenters. The molecular formula is C8H8N4O6. The van der Waals surface area contributed by atoms with Crippen LogP contribution in [0.1, 0.15) is 11.1 Å². The molecule has 1 aromatic carbocycles. The maximum absolute atomic E-state index is 10.8. The molecule has 0 radical (unpaired) electrons. The first-order valence-electron chi connectivity index (χ1n) is 4.60. The number of aryl methyl sites for hydroxylation is 1. The lowest BCUT2D eigenvalue weighted by molar-refractivity contribution is -0.712. The van der Waals surface area contributed by atoms with E-state index in [0.29, 0.717) is 0 Å². The molecule has 1 aromatic rings. The second-order valence-electron chi connectivity index (χ2n) is 3.40. The van der Waals surface area contributed by atoms with Crippen LogP contribution in [0.2, 0.25) is 0 Å². The number of hydrogen-bond donors (Lipinski definition) is 0. The van der Waals surface area contributed by atoms with Gasteiger partial charge in [-0.1, -0.05) is 0 Å². The molecule has 0 aliphatic carbocycles. The molecule has 96 valence electrons. The highest BCUT2D eigenvalue weighted by molar-refractivity contribution is 5.62. The number of anilines is 1. The molecule has 0 aromatic heterocycles. The second kappa shape index (κ2) is 4.61. The standard InChI is InChI=1S/C8H8N4O6/c1-5-3-4-7(6(2)8(5)10(13)14)9(11(15)16)12(17)18/h3-4H,1-2H3. The lowest BCUT2D eigenvalue weighted by Crippen LogP contribution is -2.36. The van der Waals surface area contributed by atoms with Crippen molar-refractivity contribution >= 4 is 11.4 Å². The number of rotatable bonds is 4. The summed E-state index contributed by atoms with van der Waals surface area (Å²) in [4.78, 5) is 31.2. The second-order valence-corrected chi connectivity index (χ2v) is 3.40. The van der Waals surface area contributed by atoms with Gasteiger partial charge in [-0.15, -0.1) is 0 Å². The van der Waals surface area contributed by atoms with Crippen molar-refractivity contribution < 1.29 is 15.0 Å². The number of nitro benzene ring substituents is 1. The molecule has 0 saturated carbocycles. The maximum Gasteiger partial charge on any atom is 0.277 e. The lowest BCUT2D eigenvalue weighted by atomic mass is 10.1. The summed E-state index contributed by atoms with van der Waals surface area (Å²) in [5.41, 5.74) is -0.676. The van der Waals surface area contributed by atoms with Crippen molar-refractivity contribution in [3.8, 4) is 0 Å². The Balaban J connectivity index is 3.52. The molecule has 0 bridgehead atoms. The van der Waals surface area contributed by atoms with Gasteiger partial charge in [0, 0.05) is 5.56 Å². The molecular weight excluding hydrogens is 248 g/mol. The van der Waals surface area contributed by atoms with Crippen molar-refractivity contribution in [2.45, 2.75) is 13.8 Å². The van der Waals surface area contributed by atoms with Gasteiger partial charge in [0.2, 0.25) is 10.1 Å². The van der Waals surface area contributed by atoms with Gasteiger partial charge in [0.1, 0.15) is 0 Å². The molecule has 0 fully saturated rings.